The molecule has 1 amide bonds. The normalized spacial score (nSPS) is 19.0. The minimum absolute atomic E-state index is 0.0428. The average Bonchev–Trinajstić information content (AvgIpc) is 3.19. The van der Waals surface area contributed by atoms with Crippen molar-refractivity contribution in [3.63, 3.8) is 0 Å². The molecule has 1 saturated heterocycles. The van der Waals surface area contributed by atoms with Gasteiger partial charge in [0.2, 0.25) is 5.91 Å². The molecule has 0 saturated carbocycles. The Morgan fingerprint density at radius 2 is 2.08 bits per heavy atom. The van der Waals surface area contributed by atoms with Gasteiger partial charge in [0, 0.05) is 11.7 Å². The van der Waals surface area contributed by atoms with Gasteiger partial charge in [0.15, 0.2) is 9.84 Å². The molecule has 1 atom stereocenters. The zero-order valence-corrected chi connectivity index (χ0v) is 16.1. The minimum Gasteiger partial charge on any atom is -0.468 e. The number of carbonyl (C=O) groups is 1. The van der Waals surface area contributed by atoms with Crippen LogP contribution in [0.15, 0.2) is 41.0 Å². The predicted molar refractivity (Wildman–Crippen MR) is 101 cm³/mol. The van der Waals surface area contributed by atoms with Crippen molar-refractivity contribution in [3.05, 3.63) is 52.4 Å². The van der Waals surface area contributed by atoms with E-state index in [0.717, 1.165) is 0 Å². The number of nitrogens with zero attached hydrogens (tertiary/aromatic N) is 1. The summed E-state index contributed by atoms with van der Waals surface area (Å²) < 4.78 is 29.0. The van der Waals surface area contributed by atoms with Gasteiger partial charge in [-0.1, -0.05) is 23.2 Å². The second kappa shape index (κ2) is 8.00. The third kappa shape index (κ3) is 5.01. The van der Waals surface area contributed by atoms with Crippen LogP contribution in [0, 0.1) is 0 Å². The van der Waals surface area contributed by atoms with Crippen molar-refractivity contribution in [3.8, 4) is 0 Å². The number of anilines is 1. The van der Waals surface area contributed by atoms with Crippen LogP contribution in [0.3, 0.4) is 0 Å². The fourth-order valence-corrected chi connectivity index (χ4v) is 5.00. The van der Waals surface area contributed by atoms with Gasteiger partial charge in [0.1, 0.15) is 5.76 Å². The van der Waals surface area contributed by atoms with Crippen LogP contribution in [-0.4, -0.2) is 43.3 Å². The molecule has 1 aliphatic heterocycles. The van der Waals surface area contributed by atoms with Crippen molar-refractivity contribution in [1.29, 1.82) is 0 Å². The van der Waals surface area contributed by atoms with Gasteiger partial charge in [-0.25, -0.2) is 8.42 Å². The van der Waals surface area contributed by atoms with Crippen LogP contribution in [0.4, 0.5) is 5.69 Å². The Labute approximate surface area is 162 Å². The lowest BCUT2D eigenvalue weighted by Crippen LogP contribution is -2.41. The average molecular weight is 417 g/mol. The highest BCUT2D eigenvalue weighted by atomic mass is 35.5. The molecule has 0 unspecified atom stereocenters. The van der Waals surface area contributed by atoms with E-state index < -0.39 is 9.84 Å². The molecule has 2 heterocycles. The third-order valence-corrected chi connectivity index (χ3v) is 6.70. The molecule has 140 valence electrons. The summed E-state index contributed by atoms with van der Waals surface area (Å²) in [5.41, 5.74) is 0.529. The predicted octanol–water partition coefficient (Wildman–Crippen LogP) is 3.21. The van der Waals surface area contributed by atoms with Crippen LogP contribution < -0.4 is 5.32 Å². The Balaban J connectivity index is 1.69. The van der Waals surface area contributed by atoms with Crippen LogP contribution in [0.5, 0.6) is 0 Å². The van der Waals surface area contributed by atoms with Gasteiger partial charge < -0.3 is 9.73 Å². The molecule has 3 rings (SSSR count). The van der Waals surface area contributed by atoms with Gasteiger partial charge in [-0.05, 0) is 36.8 Å². The molecule has 1 aromatic carbocycles. The van der Waals surface area contributed by atoms with Crippen molar-refractivity contribution in [1.82, 2.24) is 4.90 Å². The van der Waals surface area contributed by atoms with Gasteiger partial charge >= 0.3 is 0 Å². The quantitative estimate of drug-likeness (QED) is 0.781. The first-order valence-electron chi connectivity index (χ1n) is 8.04. The van der Waals surface area contributed by atoms with Crippen LogP contribution in [0.25, 0.3) is 0 Å². The van der Waals surface area contributed by atoms with Crippen LogP contribution in [-0.2, 0) is 21.2 Å². The lowest BCUT2D eigenvalue weighted by molar-refractivity contribution is -0.118. The number of hydrogen-bond donors (Lipinski definition) is 1. The summed E-state index contributed by atoms with van der Waals surface area (Å²) in [6.07, 6.45) is 2.05. The molecular formula is C17H18Cl2N2O4S. The second-order valence-corrected chi connectivity index (χ2v) is 9.26. The molecular weight excluding hydrogens is 399 g/mol. The molecule has 1 aliphatic rings. The number of carbonyl (C=O) groups excluding carboxylic acids is 1. The molecule has 0 spiro atoms. The number of benzene rings is 1. The summed E-state index contributed by atoms with van der Waals surface area (Å²) in [5.74, 6) is 0.602. The largest absolute Gasteiger partial charge is 0.468 e. The number of sulfone groups is 1. The molecule has 1 aromatic heterocycles. The number of halogens is 2. The van der Waals surface area contributed by atoms with E-state index in [4.69, 9.17) is 27.6 Å². The van der Waals surface area contributed by atoms with E-state index in [1.165, 1.54) is 0 Å². The Bertz CT molecular complexity index is 884. The summed E-state index contributed by atoms with van der Waals surface area (Å²) in [4.78, 5) is 14.3. The van der Waals surface area contributed by atoms with E-state index in [2.05, 4.69) is 5.32 Å². The summed E-state index contributed by atoms with van der Waals surface area (Å²) in [6.45, 7) is 0.406. The summed E-state index contributed by atoms with van der Waals surface area (Å²) in [5, 5.41) is 3.51. The summed E-state index contributed by atoms with van der Waals surface area (Å²) in [7, 11) is -3.06. The maximum absolute atomic E-state index is 12.5. The van der Waals surface area contributed by atoms with E-state index in [1.807, 2.05) is 4.90 Å². The van der Waals surface area contributed by atoms with Gasteiger partial charge in [0.25, 0.3) is 0 Å². The highest BCUT2D eigenvalue weighted by molar-refractivity contribution is 7.91. The van der Waals surface area contributed by atoms with E-state index in [1.54, 1.807) is 36.6 Å². The standard InChI is InChI=1S/C17H18Cl2N2O4S/c18-15-4-3-12(8-16(15)19)20-17(22)10-21(9-14-2-1-6-25-14)13-5-7-26(23,24)11-13/h1-4,6,8,13H,5,7,9-11H2,(H,20,22)/t13-/m0/s1. The van der Waals surface area contributed by atoms with Crippen molar-refractivity contribution in [2.75, 3.05) is 23.4 Å². The first-order valence-corrected chi connectivity index (χ1v) is 10.6. The van der Waals surface area contributed by atoms with Gasteiger partial charge in [0.05, 0.1) is 40.9 Å². The van der Waals surface area contributed by atoms with Crippen molar-refractivity contribution < 1.29 is 17.6 Å². The molecule has 0 bridgehead atoms. The maximum Gasteiger partial charge on any atom is 0.238 e. The number of nitrogens with one attached hydrogen (secondary N) is 1. The molecule has 0 aliphatic carbocycles. The first kappa shape index (κ1) is 19.2. The highest BCUT2D eigenvalue weighted by Gasteiger charge is 2.33. The van der Waals surface area contributed by atoms with E-state index in [9.17, 15) is 13.2 Å². The van der Waals surface area contributed by atoms with Crippen LogP contribution >= 0.6 is 23.2 Å². The zero-order valence-electron chi connectivity index (χ0n) is 13.8. The Kier molecular flexibility index (Phi) is 5.92. The monoisotopic (exact) mass is 416 g/mol. The van der Waals surface area contributed by atoms with Crippen molar-refractivity contribution in [2.24, 2.45) is 0 Å². The number of hydrogen-bond acceptors (Lipinski definition) is 5. The third-order valence-electron chi connectivity index (χ3n) is 4.21. The fraction of sp³-hybridized carbons (Fsp3) is 0.353. The lowest BCUT2D eigenvalue weighted by Gasteiger charge is -2.26. The fourth-order valence-electron chi connectivity index (χ4n) is 2.94. The van der Waals surface area contributed by atoms with Gasteiger partial charge in [-0.3, -0.25) is 9.69 Å². The van der Waals surface area contributed by atoms with Gasteiger partial charge in [-0.2, -0.15) is 0 Å². The summed E-state index contributed by atoms with van der Waals surface area (Å²) >= 11 is 11.8. The van der Waals surface area contributed by atoms with E-state index in [0.29, 0.717) is 34.5 Å². The lowest BCUT2D eigenvalue weighted by atomic mass is 10.2. The first-order chi connectivity index (χ1) is 12.3. The molecule has 9 heteroatoms. The molecule has 2 aromatic rings. The topological polar surface area (TPSA) is 79.6 Å². The molecule has 6 nitrogen and oxygen atoms in total. The van der Waals surface area contributed by atoms with Crippen molar-refractivity contribution in [2.45, 2.75) is 19.0 Å². The molecule has 1 N–H and O–H groups in total. The SMILES string of the molecule is O=C(CN(Cc1ccco1)[C@H]1CCS(=O)(=O)C1)Nc1ccc(Cl)c(Cl)c1. The Morgan fingerprint density at radius 1 is 1.27 bits per heavy atom. The minimum atomic E-state index is -3.06. The smallest absolute Gasteiger partial charge is 0.238 e. The van der Waals surface area contributed by atoms with Crippen molar-refractivity contribution >= 4 is 44.6 Å². The number of furan rings is 1. The summed E-state index contributed by atoms with van der Waals surface area (Å²) in [6, 6.07) is 8.16. The second-order valence-electron chi connectivity index (χ2n) is 6.22. The molecule has 26 heavy (non-hydrogen) atoms. The maximum atomic E-state index is 12.5. The van der Waals surface area contributed by atoms with E-state index in [-0.39, 0.29) is 30.0 Å². The highest BCUT2D eigenvalue weighted by Crippen LogP contribution is 2.25. The number of amides is 1. The van der Waals surface area contributed by atoms with Gasteiger partial charge in [-0.15, -0.1) is 0 Å². The Hall–Kier alpha value is -1.54. The number of rotatable bonds is 6. The Morgan fingerprint density at radius 3 is 2.69 bits per heavy atom. The molecule has 1 fully saturated rings. The zero-order chi connectivity index (χ0) is 18.7. The molecule has 0 radical (unpaired) electrons. The van der Waals surface area contributed by atoms with Crippen LogP contribution in [0.1, 0.15) is 12.2 Å². The van der Waals surface area contributed by atoms with E-state index >= 15 is 0 Å². The van der Waals surface area contributed by atoms with Crippen LogP contribution in [0.2, 0.25) is 10.0 Å².